The van der Waals surface area contributed by atoms with Gasteiger partial charge in [-0.3, -0.25) is 10.4 Å². The van der Waals surface area contributed by atoms with Crippen molar-refractivity contribution in [1.29, 1.82) is 0 Å². The third-order valence-electron chi connectivity index (χ3n) is 4.51. The van der Waals surface area contributed by atoms with Crippen LogP contribution in [0.4, 0.5) is 25.5 Å². The van der Waals surface area contributed by atoms with Crippen molar-refractivity contribution in [2.45, 2.75) is 26.2 Å². The molecule has 4 rings (SSSR count). The molecule has 13 heteroatoms. The number of nitrogens with zero attached hydrogens (tertiary/aromatic N) is 5. The highest BCUT2D eigenvalue weighted by atomic mass is 19.1. The monoisotopic (exact) mass is 454 g/mol. The first-order valence-corrected chi connectivity index (χ1v) is 9.65. The van der Waals surface area contributed by atoms with Gasteiger partial charge in [-0.05, 0) is 12.1 Å². The Morgan fingerprint density at radius 2 is 1.97 bits per heavy atom. The molecule has 0 bridgehead atoms. The van der Waals surface area contributed by atoms with Gasteiger partial charge in [-0.2, -0.15) is 10.2 Å². The maximum atomic E-state index is 14.6. The van der Waals surface area contributed by atoms with Crippen molar-refractivity contribution >= 4 is 34.7 Å². The summed E-state index contributed by atoms with van der Waals surface area (Å²) < 4.78 is 20.8. The van der Waals surface area contributed by atoms with E-state index in [9.17, 15) is 19.1 Å². The number of hydrogen-bond acceptors (Lipinski definition) is 7. The highest BCUT2D eigenvalue weighted by molar-refractivity contribution is 6.00. The fourth-order valence-corrected chi connectivity index (χ4v) is 2.85. The van der Waals surface area contributed by atoms with Crippen molar-refractivity contribution in [2.75, 3.05) is 10.6 Å². The Morgan fingerprint density at radius 1 is 1.18 bits per heavy atom. The van der Waals surface area contributed by atoms with Crippen LogP contribution in [0, 0.1) is 5.82 Å². The summed E-state index contributed by atoms with van der Waals surface area (Å²) in [6, 6.07) is 4.47. The van der Waals surface area contributed by atoms with Gasteiger partial charge >= 0.3 is 12.1 Å². The van der Waals surface area contributed by atoms with E-state index in [0.29, 0.717) is 21.4 Å². The van der Waals surface area contributed by atoms with E-state index in [2.05, 4.69) is 35.9 Å². The summed E-state index contributed by atoms with van der Waals surface area (Å²) >= 11 is 0. The summed E-state index contributed by atoms with van der Waals surface area (Å²) in [6.07, 6.45) is 1.35. The van der Waals surface area contributed by atoms with Crippen molar-refractivity contribution in [3.05, 3.63) is 48.3 Å². The molecule has 1 aromatic carbocycles. The maximum Gasteiger partial charge on any atom is 0.434 e. The number of rotatable bonds is 4. The second-order valence-electron chi connectivity index (χ2n) is 8.00. The molecule has 33 heavy (non-hydrogen) atoms. The minimum atomic E-state index is -1.36. The summed E-state index contributed by atoms with van der Waals surface area (Å²) in [5.41, 5.74) is 0.596. The van der Waals surface area contributed by atoms with Crippen molar-refractivity contribution in [1.82, 2.24) is 29.9 Å². The number of H-pyrrole nitrogens is 1. The fourth-order valence-electron chi connectivity index (χ4n) is 2.85. The van der Waals surface area contributed by atoms with Crippen LogP contribution in [0.3, 0.4) is 0 Å². The molecule has 0 unspecified atom stereocenters. The van der Waals surface area contributed by atoms with Crippen LogP contribution < -0.4 is 15.4 Å². The van der Waals surface area contributed by atoms with Crippen LogP contribution in [-0.4, -0.2) is 47.2 Å². The van der Waals surface area contributed by atoms with Gasteiger partial charge in [0.1, 0.15) is 17.5 Å². The lowest BCUT2D eigenvalue weighted by Crippen LogP contribution is -2.23. The lowest BCUT2D eigenvalue weighted by atomic mass is 9.92. The standard InChI is InChI=1S/C20H19FN8O4/c1-20(2,3)14-7-15(29(28-14)19(31)32)26-18(30)25-10-4-5-13(12(21)6-10)33-17-11-8-24-27-16(11)22-9-23-17/h4-9H,1-3H3,(H,31,32)(H2,25,26,30)(H,22,23,24,27). The fraction of sp³-hybridized carbons (Fsp3) is 0.200. The first-order valence-electron chi connectivity index (χ1n) is 9.65. The summed E-state index contributed by atoms with van der Waals surface area (Å²) in [7, 11) is 0. The number of benzene rings is 1. The third kappa shape index (κ3) is 4.56. The predicted molar refractivity (Wildman–Crippen MR) is 115 cm³/mol. The van der Waals surface area contributed by atoms with Gasteiger partial charge in [-0.15, -0.1) is 4.68 Å². The largest absolute Gasteiger partial charge is 0.463 e. The number of fused-ring (bicyclic) bond motifs is 1. The summed E-state index contributed by atoms with van der Waals surface area (Å²) in [4.78, 5) is 31.8. The van der Waals surface area contributed by atoms with Crippen molar-refractivity contribution in [3.8, 4) is 11.6 Å². The van der Waals surface area contributed by atoms with E-state index in [-0.39, 0.29) is 23.1 Å². The van der Waals surface area contributed by atoms with Crippen LogP contribution in [0.2, 0.25) is 0 Å². The zero-order valence-electron chi connectivity index (χ0n) is 17.8. The number of carboxylic acid groups (broad SMARTS) is 1. The molecule has 0 saturated carbocycles. The first kappa shape index (κ1) is 21.7. The van der Waals surface area contributed by atoms with Gasteiger partial charge < -0.3 is 15.2 Å². The average Bonchev–Trinajstić information content (AvgIpc) is 3.37. The minimum Gasteiger partial charge on any atom is -0.463 e. The van der Waals surface area contributed by atoms with Crippen LogP contribution in [0.15, 0.2) is 36.8 Å². The molecular weight excluding hydrogens is 435 g/mol. The summed E-state index contributed by atoms with van der Waals surface area (Å²) in [6.45, 7) is 5.57. The molecular formula is C20H19FN8O4. The molecule has 0 aliphatic rings. The number of carbonyl (C=O) groups excluding carboxylic acids is 1. The molecule has 3 aromatic heterocycles. The molecule has 170 valence electrons. The number of anilines is 2. The average molecular weight is 454 g/mol. The molecule has 0 radical (unpaired) electrons. The Morgan fingerprint density at radius 3 is 2.67 bits per heavy atom. The number of halogens is 1. The van der Waals surface area contributed by atoms with E-state index < -0.39 is 23.4 Å². The lowest BCUT2D eigenvalue weighted by molar-refractivity contribution is 0.193. The molecule has 0 aliphatic heterocycles. The summed E-state index contributed by atoms with van der Waals surface area (Å²) in [5.74, 6) is -0.810. The number of amides is 2. The third-order valence-corrected chi connectivity index (χ3v) is 4.51. The van der Waals surface area contributed by atoms with Crippen molar-refractivity contribution < 1.29 is 23.8 Å². The number of urea groups is 1. The molecule has 12 nitrogen and oxygen atoms in total. The van der Waals surface area contributed by atoms with E-state index >= 15 is 0 Å². The molecule has 4 aromatic rings. The Kier molecular flexibility index (Phi) is 5.37. The molecule has 0 fully saturated rings. The number of ether oxygens (including phenoxy) is 1. The number of hydrogen-bond donors (Lipinski definition) is 4. The highest BCUT2D eigenvalue weighted by Gasteiger charge is 2.23. The second kappa shape index (κ2) is 8.18. The van der Waals surface area contributed by atoms with Crippen LogP contribution in [0.25, 0.3) is 11.0 Å². The van der Waals surface area contributed by atoms with Gasteiger partial charge in [0.2, 0.25) is 5.88 Å². The molecule has 0 aliphatic carbocycles. The van der Waals surface area contributed by atoms with Crippen molar-refractivity contribution in [3.63, 3.8) is 0 Å². The zero-order chi connectivity index (χ0) is 23.8. The molecule has 3 heterocycles. The Hall–Kier alpha value is -4.55. The molecule has 4 N–H and O–H groups in total. The Labute approximate surface area is 185 Å². The number of aromatic nitrogens is 6. The number of aromatic amines is 1. The van der Waals surface area contributed by atoms with Crippen LogP contribution in [0.5, 0.6) is 11.6 Å². The quantitative estimate of drug-likeness (QED) is 0.361. The van der Waals surface area contributed by atoms with E-state index in [1.54, 1.807) is 0 Å². The van der Waals surface area contributed by atoms with Gasteiger partial charge in [0.15, 0.2) is 17.2 Å². The van der Waals surface area contributed by atoms with Gasteiger partial charge in [-0.1, -0.05) is 20.8 Å². The second-order valence-corrected chi connectivity index (χ2v) is 8.00. The topological polar surface area (TPSA) is 160 Å². The van der Waals surface area contributed by atoms with Crippen LogP contribution in [0.1, 0.15) is 26.5 Å². The van der Waals surface area contributed by atoms with E-state index in [1.165, 1.54) is 30.7 Å². The minimum absolute atomic E-state index is 0.0433. The van der Waals surface area contributed by atoms with Gasteiger partial charge in [0, 0.05) is 23.2 Å². The van der Waals surface area contributed by atoms with Gasteiger partial charge in [-0.25, -0.2) is 23.9 Å². The molecule has 0 saturated heterocycles. The molecule has 0 atom stereocenters. The molecule has 0 spiro atoms. The van der Waals surface area contributed by atoms with Gasteiger partial charge in [0.25, 0.3) is 0 Å². The lowest BCUT2D eigenvalue weighted by Gasteiger charge is -2.13. The predicted octanol–water partition coefficient (Wildman–Crippen LogP) is 3.95. The number of carbonyl (C=O) groups is 2. The van der Waals surface area contributed by atoms with Crippen LogP contribution in [-0.2, 0) is 5.41 Å². The normalized spacial score (nSPS) is 11.4. The van der Waals surface area contributed by atoms with Crippen LogP contribution >= 0.6 is 0 Å². The zero-order valence-corrected chi connectivity index (χ0v) is 17.8. The maximum absolute atomic E-state index is 14.6. The van der Waals surface area contributed by atoms with Gasteiger partial charge in [0.05, 0.1) is 11.9 Å². The molecule has 2 amide bonds. The Balaban J connectivity index is 1.48. The smallest absolute Gasteiger partial charge is 0.434 e. The van der Waals surface area contributed by atoms with E-state index in [1.807, 2.05) is 20.8 Å². The SMILES string of the molecule is CC(C)(C)c1cc(NC(=O)Nc2ccc(Oc3ncnc4[nH]ncc34)c(F)c2)n(C(=O)O)n1. The highest BCUT2D eigenvalue weighted by Crippen LogP contribution is 2.29. The Bertz CT molecular complexity index is 1360. The van der Waals surface area contributed by atoms with E-state index in [0.717, 1.165) is 6.07 Å². The number of nitrogens with one attached hydrogen (secondary N) is 3. The summed E-state index contributed by atoms with van der Waals surface area (Å²) in [5, 5.41) is 25.2. The first-order chi connectivity index (χ1) is 15.6. The van der Waals surface area contributed by atoms with Crippen molar-refractivity contribution in [2.24, 2.45) is 0 Å². The van der Waals surface area contributed by atoms with E-state index in [4.69, 9.17) is 4.74 Å².